The van der Waals surface area contributed by atoms with Crippen molar-refractivity contribution in [2.45, 2.75) is 62.3 Å². The Morgan fingerprint density at radius 3 is 2.91 bits per heavy atom. The van der Waals surface area contributed by atoms with E-state index in [-0.39, 0.29) is 24.0 Å². The first-order valence-corrected chi connectivity index (χ1v) is 9.35. The van der Waals surface area contributed by atoms with Crippen molar-refractivity contribution in [3.05, 3.63) is 0 Å². The highest BCUT2D eigenvalue weighted by Crippen LogP contribution is 2.33. The molecule has 2 aliphatic heterocycles. The molecule has 2 fully saturated rings. The number of amides is 3. The van der Waals surface area contributed by atoms with Gasteiger partial charge >= 0.3 is 6.03 Å². The van der Waals surface area contributed by atoms with Crippen LogP contribution in [0.15, 0.2) is 0 Å². The van der Waals surface area contributed by atoms with Crippen LogP contribution in [0.3, 0.4) is 0 Å². The molecule has 0 spiro atoms. The van der Waals surface area contributed by atoms with E-state index < -0.39 is 0 Å². The Hall–Kier alpha value is -0.950. The third-order valence-electron chi connectivity index (χ3n) is 4.26. The number of nitrogens with one attached hydrogen (secondary N) is 4. The molecule has 3 atom stereocenters. The van der Waals surface area contributed by atoms with Gasteiger partial charge in [0.15, 0.2) is 0 Å². The van der Waals surface area contributed by atoms with Crippen LogP contribution in [0.4, 0.5) is 4.79 Å². The normalized spacial score (nSPS) is 26.4. The molecule has 0 aromatic rings. The fourth-order valence-electron chi connectivity index (χ4n) is 3.02. The number of carbonyl (C=O) groups is 2. The van der Waals surface area contributed by atoms with Crippen LogP contribution in [0.2, 0.25) is 0 Å². The molecule has 2 heterocycles. The van der Waals surface area contributed by atoms with Crippen LogP contribution in [0.5, 0.6) is 0 Å². The molecule has 6 nitrogen and oxygen atoms in total. The predicted molar refractivity (Wildman–Crippen MR) is 88.8 cm³/mol. The summed E-state index contributed by atoms with van der Waals surface area (Å²) < 4.78 is 0. The topological polar surface area (TPSA) is 94.0 Å². The minimum absolute atomic E-state index is 0.0369. The Bertz CT molecular complexity index is 381. The highest BCUT2D eigenvalue weighted by molar-refractivity contribution is 8.00. The van der Waals surface area contributed by atoms with Gasteiger partial charge in [0.05, 0.1) is 12.1 Å². The van der Waals surface area contributed by atoms with Gasteiger partial charge in [0.25, 0.3) is 0 Å². The minimum Gasteiger partial charge on any atom is -0.356 e. The predicted octanol–water partition coefficient (Wildman–Crippen LogP) is 1.28. The zero-order chi connectivity index (χ0) is 15.8. The van der Waals surface area contributed by atoms with Crippen molar-refractivity contribution in [2.24, 2.45) is 0 Å². The third kappa shape index (κ3) is 5.35. The van der Waals surface area contributed by atoms with Crippen LogP contribution in [0.25, 0.3) is 0 Å². The molecule has 0 aromatic heterocycles. The fraction of sp³-hybridized carbons (Fsp3) is 0.867. The molecule has 0 aliphatic carbocycles. The Kier molecular flexibility index (Phi) is 7.32. The molecule has 2 aliphatic rings. The van der Waals surface area contributed by atoms with E-state index in [9.17, 15) is 9.59 Å². The molecule has 4 N–H and O–H groups in total. The summed E-state index contributed by atoms with van der Waals surface area (Å²) in [6.07, 6.45) is 6.50. The summed E-state index contributed by atoms with van der Waals surface area (Å²) in [6, 6.07) is 0.517. The molecule has 22 heavy (non-hydrogen) atoms. The Balaban J connectivity index is 1.49. The Labute approximate surface area is 136 Å². The molecule has 7 heteroatoms. The largest absolute Gasteiger partial charge is 0.356 e. The van der Waals surface area contributed by atoms with E-state index in [2.05, 4.69) is 16.0 Å². The maximum atomic E-state index is 11.7. The van der Waals surface area contributed by atoms with Crippen molar-refractivity contribution in [1.82, 2.24) is 21.7 Å². The van der Waals surface area contributed by atoms with Gasteiger partial charge in [0.2, 0.25) is 5.91 Å². The lowest BCUT2D eigenvalue weighted by molar-refractivity contribution is -0.121. The average molecular weight is 327 g/mol. The number of rotatable bonds is 10. The number of unbranched alkanes of at least 4 members (excludes halogenated alkanes) is 3. The lowest BCUT2D eigenvalue weighted by Crippen LogP contribution is -2.36. The molecule has 0 unspecified atom stereocenters. The Morgan fingerprint density at radius 1 is 1.23 bits per heavy atom. The summed E-state index contributed by atoms with van der Waals surface area (Å²) in [6.45, 7) is 1.21. The number of urea groups is 1. The summed E-state index contributed by atoms with van der Waals surface area (Å²) in [5.41, 5.74) is 7.05. The first-order valence-electron chi connectivity index (χ1n) is 8.30. The molecule has 0 aromatic carbocycles. The summed E-state index contributed by atoms with van der Waals surface area (Å²) in [5.74, 6) is 1.13. The van der Waals surface area contributed by atoms with Gasteiger partial charge < -0.3 is 16.0 Å². The number of carbonyl (C=O) groups excluding carboxylic acids is 2. The van der Waals surface area contributed by atoms with Crippen molar-refractivity contribution in [3.63, 3.8) is 0 Å². The molecule has 0 saturated carbocycles. The van der Waals surface area contributed by atoms with E-state index in [1.165, 1.54) is 0 Å². The minimum atomic E-state index is -0.0369. The first-order chi connectivity index (χ1) is 10.7. The molecule has 2 rings (SSSR count). The summed E-state index contributed by atoms with van der Waals surface area (Å²) in [4.78, 5) is 23.0. The fourth-order valence-corrected chi connectivity index (χ4v) is 4.56. The first kappa shape index (κ1) is 17.4. The van der Waals surface area contributed by atoms with Crippen LogP contribution in [-0.2, 0) is 4.79 Å². The van der Waals surface area contributed by atoms with Gasteiger partial charge in [-0.05, 0) is 25.7 Å². The van der Waals surface area contributed by atoms with Gasteiger partial charge in [-0.15, -0.1) is 0 Å². The average Bonchev–Trinajstić information content (AvgIpc) is 3.03. The van der Waals surface area contributed by atoms with Gasteiger partial charge in [0.1, 0.15) is 0 Å². The number of hydrogen-bond acceptors (Lipinski definition) is 3. The second-order valence-corrected chi connectivity index (χ2v) is 7.30. The van der Waals surface area contributed by atoms with Gasteiger partial charge in [-0.1, -0.05) is 12.8 Å². The molecular formula is C15H27N4O2S. The van der Waals surface area contributed by atoms with E-state index in [0.717, 1.165) is 50.8 Å². The second-order valence-electron chi connectivity index (χ2n) is 6.03. The summed E-state index contributed by atoms with van der Waals surface area (Å²) in [7, 11) is 0. The van der Waals surface area contributed by atoms with Crippen LogP contribution in [0.1, 0.15) is 44.9 Å². The highest BCUT2D eigenvalue weighted by atomic mass is 32.2. The van der Waals surface area contributed by atoms with E-state index >= 15 is 0 Å². The van der Waals surface area contributed by atoms with E-state index in [4.69, 9.17) is 5.73 Å². The van der Waals surface area contributed by atoms with E-state index in [1.807, 2.05) is 11.8 Å². The molecule has 125 valence electrons. The van der Waals surface area contributed by atoms with Crippen LogP contribution < -0.4 is 21.7 Å². The molecule has 2 saturated heterocycles. The monoisotopic (exact) mass is 327 g/mol. The van der Waals surface area contributed by atoms with E-state index in [0.29, 0.717) is 18.2 Å². The van der Waals surface area contributed by atoms with Gasteiger partial charge in [-0.25, -0.2) is 4.79 Å². The zero-order valence-electron chi connectivity index (χ0n) is 13.0. The summed E-state index contributed by atoms with van der Waals surface area (Å²) in [5, 5.41) is 9.37. The molecule has 3 amide bonds. The maximum Gasteiger partial charge on any atom is 0.315 e. The van der Waals surface area contributed by atoms with Gasteiger partial charge in [-0.2, -0.15) is 11.8 Å². The smallest absolute Gasteiger partial charge is 0.315 e. The number of thioether (sulfide) groups is 1. The lowest BCUT2D eigenvalue weighted by Gasteiger charge is -2.16. The van der Waals surface area contributed by atoms with Crippen molar-refractivity contribution in [2.75, 3.05) is 18.8 Å². The van der Waals surface area contributed by atoms with Crippen LogP contribution in [-0.4, -0.2) is 48.1 Å². The van der Waals surface area contributed by atoms with E-state index in [1.54, 1.807) is 0 Å². The standard InChI is InChI=1S/C15H27N4O2S/c16-8-4-1-5-9-17-13(20)7-3-2-6-12-14-11(10-22-12)18-15(21)19-14/h11-12,14,16H,1-10H2,(H,17,20)(H2,18,19,21)/t11-,12-,14-/m0/s1. The van der Waals surface area contributed by atoms with Crippen molar-refractivity contribution < 1.29 is 9.59 Å². The van der Waals surface area contributed by atoms with Crippen LogP contribution in [0, 0.1) is 0 Å². The number of hydrogen-bond donors (Lipinski definition) is 3. The Morgan fingerprint density at radius 2 is 2.09 bits per heavy atom. The zero-order valence-corrected chi connectivity index (χ0v) is 13.8. The maximum absolute atomic E-state index is 11.7. The quantitative estimate of drug-likeness (QED) is 0.417. The highest BCUT2D eigenvalue weighted by Gasteiger charge is 2.42. The van der Waals surface area contributed by atoms with Crippen molar-refractivity contribution in [1.29, 1.82) is 0 Å². The van der Waals surface area contributed by atoms with Crippen molar-refractivity contribution in [3.8, 4) is 0 Å². The molecular weight excluding hydrogens is 300 g/mol. The van der Waals surface area contributed by atoms with Gasteiger partial charge in [0, 0.05) is 30.5 Å². The van der Waals surface area contributed by atoms with Gasteiger partial charge in [-0.3, -0.25) is 10.5 Å². The second kappa shape index (κ2) is 9.25. The third-order valence-corrected chi connectivity index (χ3v) is 5.76. The van der Waals surface area contributed by atoms with Crippen molar-refractivity contribution >= 4 is 23.7 Å². The lowest BCUT2D eigenvalue weighted by atomic mass is 10.0. The molecule has 0 bridgehead atoms. The molecule has 1 radical (unpaired) electrons. The van der Waals surface area contributed by atoms with Crippen LogP contribution >= 0.6 is 11.8 Å². The summed E-state index contributed by atoms with van der Waals surface area (Å²) >= 11 is 1.92. The number of fused-ring (bicyclic) bond motifs is 1. The SMILES string of the molecule is [NH]CCCCCNC(=O)CCCC[C@@H]1SC[C@@H]2NC(=O)N[C@@H]21.